The van der Waals surface area contributed by atoms with Crippen LogP contribution in [-0.2, 0) is 23.8 Å². The Morgan fingerprint density at radius 3 is 1.41 bits per heavy atom. The molecule has 1 fully saturated rings. The van der Waals surface area contributed by atoms with E-state index in [1.165, 1.54) is 173 Å². The molecule has 11 nitrogen and oxygen atoms in total. The summed E-state index contributed by atoms with van der Waals surface area (Å²) in [6.07, 6.45) is 60.7. The molecule has 0 bridgehead atoms. The number of hydrogen-bond donors (Lipinski definition) is 6. The largest absolute Gasteiger partial charge is 0.465 e. The maximum absolute atomic E-state index is 13.0. The fraction of sp³-hybridized carbons (Fsp3) is 0.815. The number of ether oxygens (including phenoxy) is 3. The molecule has 1 heterocycles. The van der Waals surface area contributed by atoms with Gasteiger partial charge in [0.25, 0.3) is 0 Å². The van der Waals surface area contributed by atoms with Crippen LogP contribution in [0, 0.1) is 0 Å². The van der Waals surface area contributed by atoms with Crippen LogP contribution < -0.4 is 5.32 Å². The number of unbranched alkanes of at least 4 members (excludes halogenated alkanes) is 32. The topological polar surface area (TPSA) is 175 Å². The first-order valence-electron chi connectivity index (χ1n) is 31.6. The van der Waals surface area contributed by atoms with Gasteiger partial charge in [-0.3, -0.25) is 9.59 Å². The Morgan fingerprint density at radius 2 is 0.895 bits per heavy atom. The van der Waals surface area contributed by atoms with E-state index in [4.69, 9.17) is 14.2 Å². The molecule has 76 heavy (non-hydrogen) atoms. The lowest BCUT2D eigenvalue weighted by Gasteiger charge is -2.40. The Kier molecular flexibility index (Phi) is 51.0. The number of aliphatic hydroxyl groups excluding tert-OH is 5. The van der Waals surface area contributed by atoms with E-state index in [-0.39, 0.29) is 18.5 Å². The van der Waals surface area contributed by atoms with Gasteiger partial charge in [-0.15, -0.1) is 0 Å². The lowest BCUT2D eigenvalue weighted by molar-refractivity contribution is -0.302. The molecule has 442 valence electrons. The molecule has 1 aliphatic rings. The Balaban J connectivity index is 2.01. The molecule has 0 spiro atoms. The summed E-state index contributed by atoms with van der Waals surface area (Å²) >= 11 is 0. The van der Waals surface area contributed by atoms with Crippen LogP contribution in [0.2, 0.25) is 0 Å². The minimum absolute atomic E-state index is 0.0524. The zero-order valence-electron chi connectivity index (χ0n) is 48.7. The predicted molar refractivity (Wildman–Crippen MR) is 315 cm³/mol. The maximum atomic E-state index is 13.0. The zero-order chi connectivity index (χ0) is 55.2. The predicted octanol–water partition coefficient (Wildman–Crippen LogP) is 15.0. The number of nitrogens with one attached hydrogen (secondary N) is 1. The molecule has 1 aliphatic heterocycles. The lowest BCUT2D eigenvalue weighted by atomic mass is 9.99. The van der Waals surface area contributed by atoms with E-state index >= 15 is 0 Å². The highest BCUT2D eigenvalue weighted by Gasteiger charge is 2.44. The van der Waals surface area contributed by atoms with Gasteiger partial charge in [0, 0.05) is 12.8 Å². The van der Waals surface area contributed by atoms with E-state index in [9.17, 15) is 35.1 Å². The van der Waals surface area contributed by atoms with Crippen molar-refractivity contribution in [1.29, 1.82) is 0 Å². The van der Waals surface area contributed by atoms with Gasteiger partial charge in [0.05, 0.1) is 32.0 Å². The standard InChI is InChI=1S/C65H117NO10/c1-3-5-7-9-11-13-14-15-16-17-24-27-30-33-37-41-45-49-53-61(70)74-54-50-46-42-38-34-31-28-25-22-20-18-19-21-23-26-29-32-36-40-44-48-52-60(69)66-57(58(68)51-47-43-39-35-12-10-8-6-4-2)56-75-65-64(73)63(72)62(71)59(55-67)76-65/h12,16-17,31,34-35,42,46-47,51,57-59,62-65,67-68,71-73H,3-11,13-15,18-30,32-33,36-41,43-45,48-50,52-56H2,1-2H3,(H,66,69)/b17-16-,34-31-,35-12+,46-42-,51-47+. The van der Waals surface area contributed by atoms with E-state index in [1.807, 2.05) is 6.08 Å². The quantitative estimate of drug-likeness (QED) is 0.0195. The smallest absolute Gasteiger partial charge is 0.305 e. The molecule has 6 N–H and O–H groups in total. The van der Waals surface area contributed by atoms with Gasteiger partial charge in [0.1, 0.15) is 24.4 Å². The summed E-state index contributed by atoms with van der Waals surface area (Å²) in [6.45, 7) is 4.16. The van der Waals surface area contributed by atoms with E-state index in [0.29, 0.717) is 19.4 Å². The average molecular weight is 1070 g/mol. The SMILES string of the molecule is CCCCC/C=C/CC/C=C/C(O)C(COC1OC(CO)C(O)C(O)C1O)NC(=O)CCCCCCCCCCCCCCCC/C=C\C/C=C\CCOC(=O)CCCCCCCCC/C=C\CCCCCCCCC. The highest BCUT2D eigenvalue weighted by atomic mass is 16.7. The van der Waals surface area contributed by atoms with Gasteiger partial charge >= 0.3 is 5.97 Å². The number of aliphatic hydroxyl groups is 5. The van der Waals surface area contributed by atoms with Crippen LogP contribution in [0.4, 0.5) is 0 Å². The summed E-state index contributed by atoms with van der Waals surface area (Å²) in [5.41, 5.74) is 0. The highest BCUT2D eigenvalue weighted by Crippen LogP contribution is 2.23. The van der Waals surface area contributed by atoms with Crippen molar-refractivity contribution in [2.75, 3.05) is 19.8 Å². The second-order valence-electron chi connectivity index (χ2n) is 21.7. The summed E-state index contributed by atoms with van der Waals surface area (Å²) in [6, 6.07) is -0.831. The first kappa shape index (κ1) is 71.4. The molecule has 0 aromatic rings. The fourth-order valence-electron chi connectivity index (χ4n) is 9.58. The van der Waals surface area contributed by atoms with Crippen LogP contribution in [0.5, 0.6) is 0 Å². The van der Waals surface area contributed by atoms with Crippen molar-refractivity contribution in [3.05, 3.63) is 60.8 Å². The van der Waals surface area contributed by atoms with Gasteiger partial charge < -0.3 is 45.1 Å². The molecule has 0 radical (unpaired) electrons. The minimum Gasteiger partial charge on any atom is -0.465 e. The van der Waals surface area contributed by atoms with Crippen LogP contribution in [0.3, 0.4) is 0 Å². The highest BCUT2D eigenvalue weighted by molar-refractivity contribution is 5.76. The number of esters is 1. The van der Waals surface area contributed by atoms with Crippen molar-refractivity contribution in [2.45, 2.75) is 320 Å². The van der Waals surface area contributed by atoms with Crippen molar-refractivity contribution < 1.29 is 49.3 Å². The van der Waals surface area contributed by atoms with Gasteiger partial charge in [-0.2, -0.15) is 0 Å². The molecule has 0 aliphatic carbocycles. The number of allylic oxidation sites excluding steroid dienone is 8. The first-order valence-corrected chi connectivity index (χ1v) is 31.6. The zero-order valence-corrected chi connectivity index (χ0v) is 48.7. The fourth-order valence-corrected chi connectivity index (χ4v) is 9.58. The second-order valence-corrected chi connectivity index (χ2v) is 21.7. The van der Waals surface area contributed by atoms with Crippen LogP contribution in [0.15, 0.2) is 60.8 Å². The van der Waals surface area contributed by atoms with Gasteiger partial charge in [0.15, 0.2) is 6.29 Å². The lowest BCUT2D eigenvalue weighted by Crippen LogP contribution is -2.60. The molecular formula is C65H117NO10. The minimum atomic E-state index is -1.58. The third-order valence-corrected chi connectivity index (χ3v) is 14.6. The molecule has 0 saturated carbocycles. The van der Waals surface area contributed by atoms with E-state index in [2.05, 4.69) is 67.8 Å². The number of rotatable bonds is 54. The Labute approximate surface area is 465 Å². The summed E-state index contributed by atoms with van der Waals surface area (Å²) in [5, 5.41) is 54.2. The van der Waals surface area contributed by atoms with E-state index in [0.717, 1.165) is 77.0 Å². The maximum Gasteiger partial charge on any atom is 0.305 e. The Morgan fingerprint density at radius 1 is 0.487 bits per heavy atom. The normalized spacial score (nSPS) is 19.1. The average Bonchev–Trinajstić information content (AvgIpc) is 3.42. The molecule has 7 unspecified atom stereocenters. The van der Waals surface area contributed by atoms with Crippen LogP contribution in [-0.4, -0.2) is 100 Å². The Bertz CT molecular complexity index is 1450. The second kappa shape index (κ2) is 54.3. The number of hydrogen-bond acceptors (Lipinski definition) is 10. The molecule has 1 amide bonds. The molecule has 1 rings (SSSR count). The van der Waals surface area contributed by atoms with Crippen molar-refractivity contribution in [2.24, 2.45) is 0 Å². The van der Waals surface area contributed by atoms with E-state index < -0.39 is 49.5 Å². The molecule has 11 heteroatoms. The molecular weight excluding hydrogens is 955 g/mol. The molecule has 7 atom stereocenters. The van der Waals surface area contributed by atoms with Crippen molar-refractivity contribution in [1.82, 2.24) is 5.32 Å². The summed E-state index contributed by atoms with van der Waals surface area (Å²) in [4.78, 5) is 25.1. The summed E-state index contributed by atoms with van der Waals surface area (Å²) in [7, 11) is 0. The van der Waals surface area contributed by atoms with Crippen molar-refractivity contribution >= 4 is 11.9 Å². The number of carbonyl (C=O) groups excluding carboxylic acids is 2. The van der Waals surface area contributed by atoms with Gasteiger partial charge in [-0.1, -0.05) is 235 Å². The van der Waals surface area contributed by atoms with Crippen LogP contribution >= 0.6 is 0 Å². The Hall–Kier alpha value is -2.64. The number of carbonyl (C=O) groups is 2. The van der Waals surface area contributed by atoms with Gasteiger partial charge in [-0.05, 0) is 89.9 Å². The third kappa shape index (κ3) is 43.3. The summed E-state index contributed by atoms with van der Waals surface area (Å²) in [5.74, 6) is -0.253. The molecule has 0 aromatic carbocycles. The first-order chi connectivity index (χ1) is 37.2. The number of amides is 1. The van der Waals surface area contributed by atoms with Crippen LogP contribution in [0.1, 0.15) is 277 Å². The monoisotopic (exact) mass is 1070 g/mol. The van der Waals surface area contributed by atoms with Gasteiger partial charge in [0.2, 0.25) is 5.91 Å². The van der Waals surface area contributed by atoms with E-state index in [1.54, 1.807) is 6.08 Å². The summed E-state index contributed by atoms with van der Waals surface area (Å²) < 4.78 is 16.6. The van der Waals surface area contributed by atoms with Crippen molar-refractivity contribution in [3.63, 3.8) is 0 Å². The third-order valence-electron chi connectivity index (χ3n) is 14.6. The van der Waals surface area contributed by atoms with Crippen LogP contribution in [0.25, 0.3) is 0 Å². The molecule has 1 saturated heterocycles. The molecule has 0 aromatic heterocycles. The van der Waals surface area contributed by atoms with Crippen molar-refractivity contribution in [3.8, 4) is 0 Å². The van der Waals surface area contributed by atoms with Gasteiger partial charge in [-0.25, -0.2) is 0 Å².